The number of aryl methyl sites for hydroxylation is 1. The zero-order valence-electron chi connectivity index (χ0n) is 16.1. The van der Waals surface area contributed by atoms with Gasteiger partial charge in [0.1, 0.15) is 5.92 Å². The molecule has 27 heavy (non-hydrogen) atoms. The quantitative estimate of drug-likeness (QED) is 0.784. The van der Waals surface area contributed by atoms with Gasteiger partial charge in [-0.05, 0) is 60.7 Å². The van der Waals surface area contributed by atoms with Crippen LogP contribution < -0.4 is 5.32 Å². The lowest BCUT2D eigenvalue weighted by molar-refractivity contribution is -0.125. The number of benzene rings is 2. The standard InChI is InChI=1S/C22H24ClNO3/c1-13-5-10-17(15-6-8-16(23)9-7-15)14(2)18(13)19-20(25)22(3,11-12-27-4)24-21(19)26/h5-10,19H,11-12H2,1-4H3,(H,24,26). The summed E-state index contributed by atoms with van der Waals surface area (Å²) in [5.41, 5.74) is 3.79. The van der Waals surface area contributed by atoms with Gasteiger partial charge in [0.2, 0.25) is 5.91 Å². The lowest BCUT2D eigenvalue weighted by atomic mass is 9.81. The van der Waals surface area contributed by atoms with Gasteiger partial charge in [-0.15, -0.1) is 0 Å². The predicted octanol–water partition coefficient (Wildman–Crippen LogP) is 4.20. The highest BCUT2D eigenvalue weighted by molar-refractivity contribution is 6.30. The van der Waals surface area contributed by atoms with Crippen molar-refractivity contribution in [1.82, 2.24) is 5.32 Å². The van der Waals surface area contributed by atoms with Crippen molar-refractivity contribution in [2.24, 2.45) is 0 Å². The minimum atomic E-state index is -0.896. The third kappa shape index (κ3) is 3.52. The molecule has 1 heterocycles. The second-order valence-corrected chi connectivity index (χ2v) is 7.77. The fraction of sp³-hybridized carbons (Fsp3) is 0.364. The molecule has 1 N–H and O–H groups in total. The van der Waals surface area contributed by atoms with Gasteiger partial charge in [-0.1, -0.05) is 35.9 Å². The summed E-state index contributed by atoms with van der Waals surface area (Å²) >= 11 is 6.00. The van der Waals surface area contributed by atoms with Crippen LogP contribution in [-0.2, 0) is 14.3 Å². The summed E-state index contributed by atoms with van der Waals surface area (Å²) in [4.78, 5) is 26.0. The van der Waals surface area contributed by atoms with Crippen LogP contribution in [0.15, 0.2) is 36.4 Å². The molecule has 2 aromatic carbocycles. The molecule has 1 aliphatic rings. The largest absolute Gasteiger partial charge is 0.385 e. The molecule has 1 amide bonds. The van der Waals surface area contributed by atoms with Gasteiger partial charge >= 0.3 is 0 Å². The Labute approximate surface area is 164 Å². The summed E-state index contributed by atoms with van der Waals surface area (Å²) in [5.74, 6) is -1.12. The van der Waals surface area contributed by atoms with Crippen LogP contribution in [0.3, 0.4) is 0 Å². The molecule has 4 nitrogen and oxygen atoms in total. The van der Waals surface area contributed by atoms with E-state index < -0.39 is 11.5 Å². The Morgan fingerprint density at radius 3 is 2.41 bits per heavy atom. The molecule has 2 aromatic rings. The number of carbonyl (C=O) groups excluding carboxylic acids is 2. The Hall–Kier alpha value is -2.17. The zero-order valence-corrected chi connectivity index (χ0v) is 16.8. The van der Waals surface area contributed by atoms with Crippen LogP contribution in [0.25, 0.3) is 11.1 Å². The summed E-state index contributed by atoms with van der Waals surface area (Å²) in [6, 6.07) is 11.6. The first kappa shape index (κ1) is 19.6. The van der Waals surface area contributed by atoms with Crippen molar-refractivity contribution in [3.63, 3.8) is 0 Å². The topological polar surface area (TPSA) is 55.4 Å². The molecular weight excluding hydrogens is 362 g/mol. The highest BCUT2D eigenvalue weighted by atomic mass is 35.5. The van der Waals surface area contributed by atoms with E-state index >= 15 is 0 Å². The van der Waals surface area contributed by atoms with Gasteiger partial charge in [-0.3, -0.25) is 9.59 Å². The van der Waals surface area contributed by atoms with Crippen molar-refractivity contribution in [3.05, 3.63) is 58.1 Å². The normalized spacial score (nSPS) is 22.2. The Balaban J connectivity index is 2.06. The number of hydrogen-bond acceptors (Lipinski definition) is 3. The molecular formula is C22H24ClNO3. The van der Waals surface area contributed by atoms with Crippen molar-refractivity contribution in [2.45, 2.75) is 38.6 Å². The van der Waals surface area contributed by atoms with Gasteiger partial charge in [-0.2, -0.15) is 0 Å². The van der Waals surface area contributed by atoms with Crippen LogP contribution in [0.2, 0.25) is 5.02 Å². The van der Waals surface area contributed by atoms with Gasteiger partial charge in [0.25, 0.3) is 0 Å². The third-order valence-corrected chi connectivity index (χ3v) is 5.70. The Kier molecular flexibility index (Phi) is 5.41. The lowest BCUT2D eigenvalue weighted by Crippen LogP contribution is -2.44. The molecule has 5 heteroatoms. The summed E-state index contributed by atoms with van der Waals surface area (Å²) in [6.45, 7) is 6.11. The summed E-state index contributed by atoms with van der Waals surface area (Å²) in [7, 11) is 1.59. The molecule has 0 radical (unpaired) electrons. The van der Waals surface area contributed by atoms with Crippen molar-refractivity contribution >= 4 is 23.3 Å². The number of methoxy groups -OCH3 is 1. The Bertz CT molecular complexity index is 891. The molecule has 142 valence electrons. The van der Waals surface area contributed by atoms with Gasteiger partial charge in [-0.25, -0.2) is 0 Å². The molecule has 0 aliphatic carbocycles. The number of carbonyl (C=O) groups is 2. The molecule has 1 fully saturated rings. The van der Waals surface area contributed by atoms with Crippen LogP contribution in [0, 0.1) is 13.8 Å². The lowest BCUT2D eigenvalue weighted by Gasteiger charge is -2.22. The van der Waals surface area contributed by atoms with E-state index in [2.05, 4.69) is 5.32 Å². The second-order valence-electron chi connectivity index (χ2n) is 7.34. The minimum Gasteiger partial charge on any atom is -0.385 e. The maximum atomic E-state index is 13.2. The van der Waals surface area contributed by atoms with E-state index in [1.54, 1.807) is 14.0 Å². The van der Waals surface area contributed by atoms with E-state index in [4.69, 9.17) is 16.3 Å². The van der Waals surface area contributed by atoms with Crippen molar-refractivity contribution in [2.75, 3.05) is 13.7 Å². The molecule has 2 atom stereocenters. The van der Waals surface area contributed by atoms with E-state index in [0.717, 1.165) is 27.8 Å². The van der Waals surface area contributed by atoms with Crippen LogP contribution in [-0.4, -0.2) is 30.9 Å². The fourth-order valence-corrected chi connectivity index (χ4v) is 3.97. The molecule has 0 aromatic heterocycles. The van der Waals surface area contributed by atoms with Gasteiger partial charge < -0.3 is 10.1 Å². The highest BCUT2D eigenvalue weighted by Crippen LogP contribution is 2.38. The number of rotatable bonds is 5. The fourth-order valence-electron chi connectivity index (χ4n) is 3.85. The van der Waals surface area contributed by atoms with E-state index in [9.17, 15) is 9.59 Å². The van der Waals surface area contributed by atoms with Crippen molar-refractivity contribution < 1.29 is 14.3 Å². The molecule has 3 rings (SSSR count). The number of halogens is 1. The Morgan fingerprint density at radius 1 is 1.11 bits per heavy atom. The molecule has 1 aliphatic heterocycles. The van der Waals surface area contributed by atoms with E-state index in [1.165, 1.54) is 0 Å². The first-order chi connectivity index (χ1) is 12.8. The molecule has 2 unspecified atom stereocenters. The van der Waals surface area contributed by atoms with Gasteiger partial charge in [0, 0.05) is 25.2 Å². The molecule has 1 saturated heterocycles. The maximum Gasteiger partial charge on any atom is 0.235 e. The summed E-state index contributed by atoms with van der Waals surface area (Å²) < 4.78 is 5.11. The first-order valence-corrected chi connectivity index (χ1v) is 9.37. The monoisotopic (exact) mass is 385 g/mol. The summed E-state index contributed by atoms with van der Waals surface area (Å²) in [6.07, 6.45) is 0.458. The third-order valence-electron chi connectivity index (χ3n) is 5.45. The van der Waals surface area contributed by atoms with Crippen LogP contribution in [0.4, 0.5) is 0 Å². The second kappa shape index (κ2) is 7.45. The minimum absolute atomic E-state index is 0.0935. The number of ketones is 1. The van der Waals surface area contributed by atoms with Gasteiger partial charge in [0.05, 0.1) is 5.54 Å². The molecule has 0 saturated carbocycles. The first-order valence-electron chi connectivity index (χ1n) is 9.00. The SMILES string of the molecule is COCCC1(C)NC(=O)C(c2c(C)ccc(-c3ccc(Cl)cc3)c2C)C1=O. The average Bonchev–Trinajstić information content (AvgIpc) is 2.85. The number of Topliss-reactive ketones (excluding diaryl/α,β-unsaturated/α-hetero) is 1. The van der Waals surface area contributed by atoms with Crippen LogP contribution >= 0.6 is 11.6 Å². The zero-order chi connectivity index (χ0) is 19.8. The van der Waals surface area contributed by atoms with Gasteiger partial charge in [0.15, 0.2) is 5.78 Å². The predicted molar refractivity (Wildman–Crippen MR) is 107 cm³/mol. The number of hydrogen-bond donors (Lipinski definition) is 1. The molecule has 0 spiro atoms. The highest BCUT2D eigenvalue weighted by Gasteiger charge is 2.50. The van der Waals surface area contributed by atoms with Crippen molar-refractivity contribution in [1.29, 1.82) is 0 Å². The van der Waals surface area contributed by atoms with Crippen molar-refractivity contribution in [3.8, 4) is 11.1 Å². The Morgan fingerprint density at radius 2 is 1.78 bits per heavy atom. The maximum absolute atomic E-state index is 13.2. The number of nitrogens with one attached hydrogen (secondary N) is 1. The van der Waals surface area contributed by atoms with Crippen LogP contribution in [0.1, 0.15) is 36.0 Å². The molecule has 0 bridgehead atoms. The number of amides is 1. The smallest absolute Gasteiger partial charge is 0.235 e. The summed E-state index contributed by atoms with van der Waals surface area (Å²) in [5, 5.41) is 3.57. The van der Waals surface area contributed by atoms with Crippen LogP contribution in [0.5, 0.6) is 0 Å². The number of ether oxygens (including phenoxy) is 1. The van der Waals surface area contributed by atoms with E-state index in [0.29, 0.717) is 18.1 Å². The van der Waals surface area contributed by atoms with E-state index in [-0.39, 0.29) is 11.7 Å². The van der Waals surface area contributed by atoms with E-state index in [1.807, 2.05) is 50.2 Å². The average molecular weight is 386 g/mol.